The number of ether oxygens (including phenoxy) is 1. The van der Waals surface area contributed by atoms with Crippen LogP contribution < -0.4 is 10.6 Å². The predicted molar refractivity (Wildman–Crippen MR) is 87.0 cm³/mol. The number of aromatic nitrogens is 1. The number of nitrogens with zero attached hydrogens (tertiary/aromatic N) is 1. The molecular weight excluding hydrogens is 321 g/mol. The van der Waals surface area contributed by atoms with Gasteiger partial charge in [0.15, 0.2) is 0 Å². The van der Waals surface area contributed by atoms with Crippen LogP contribution in [0.2, 0.25) is 0 Å². The van der Waals surface area contributed by atoms with Crippen LogP contribution in [0.4, 0.5) is 0 Å². The standard InChI is InChI=1S/C12H21N3O2S.2ClH/c1-9(17-3)12-15-10(8-18-12)7-14-11(16)5-4-6-13-2;;/h8-9,13H,4-7H2,1-3H3,(H,14,16);2*1H. The highest BCUT2D eigenvalue weighted by Gasteiger charge is 2.09. The van der Waals surface area contributed by atoms with E-state index in [1.807, 2.05) is 19.4 Å². The fourth-order valence-corrected chi connectivity index (χ4v) is 2.25. The summed E-state index contributed by atoms with van der Waals surface area (Å²) in [6, 6.07) is 0. The summed E-state index contributed by atoms with van der Waals surface area (Å²) in [5.74, 6) is 0.0691. The lowest BCUT2D eigenvalue weighted by Crippen LogP contribution is -2.23. The van der Waals surface area contributed by atoms with Gasteiger partial charge >= 0.3 is 0 Å². The summed E-state index contributed by atoms with van der Waals surface area (Å²) in [4.78, 5) is 15.9. The summed E-state index contributed by atoms with van der Waals surface area (Å²) >= 11 is 1.56. The van der Waals surface area contributed by atoms with Crippen molar-refractivity contribution in [2.45, 2.75) is 32.4 Å². The summed E-state index contributed by atoms with van der Waals surface area (Å²) in [6.45, 7) is 3.31. The number of hydrogen-bond donors (Lipinski definition) is 2. The maximum Gasteiger partial charge on any atom is 0.220 e. The van der Waals surface area contributed by atoms with E-state index in [1.165, 1.54) is 0 Å². The average molecular weight is 344 g/mol. The van der Waals surface area contributed by atoms with E-state index in [2.05, 4.69) is 15.6 Å². The summed E-state index contributed by atoms with van der Waals surface area (Å²) in [7, 11) is 3.54. The molecule has 1 rings (SSSR count). The Morgan fingerprint density at radius 3 is 2.80 bits per heavy atom. The zero-order chi connectivity index (χ0) is 13.4. The minimum absolute atomic E-state index is 0. The van der Waals surface area contributed by atoms with Gasteiger partial charge in [0.2, 0.25) is 5.91 Å². The highest BCUT2D eigenvalue weighted by atomic mass is 35.5. The third-order valence-electron chi connectivity index (χ3n) is 2.57. The van der Waals surface area contributed by atoms with Crippen LogP contribution in [0.5, 0.6) is 0 Å². The molecule has 1 atom stereocenters. The summed E-state index contributed by atoms with van der Waals surface area (Å²) < 4.78 is 5.19. The molecule has 0 spiro atoms. The number of thiazole rings is 1. The molecular formula is C12H23Cl2N3O2S. The Morgan fingerprint density at radius 1 is 1.50 bits per heavy atom. The third kappa shape index (κ3) is 8.01. The van der Waals surface area contributed by atoms with E-state index in [0.717, 1.165) is 23.7 Å². The van der Waals surface area contributed by atoms with Crippen LogP contribution in [0.25, 0.3) is 0 Å². The molecule has 0 saturated carbocycles. The first kappa shape index (κ1) is 21.9. The first-order valence-electron chi connectivity index (χ1n) is 6.05. The van der Waals surface area contributed by atoms with Crippen LogP contribution in [0.15, 0.2) is 5.38 Å². The van der Waals surface area contributed by atoms with E-state index >= 15 is 0 Å². The third-order valence-corrected chi connectivity index (χ3v) is 3.62. The van der Waals surface area contributed by atoms with Crippen molar-refractivity contribution in [1.82, 2.24) is 15.6 Å². The number of nitrogens with one attached hydrogen (secondary N) is 2. The lowest BCUT2D eigenvalue weighted by Gasteiger charge is -2.04. The summed E-state index contributed by atoms with van der Waals surface area (Å²) in [6.07, 6.45) is 1.41. The largest absolute Gasteiger partial charge is 0.375 e. The molecule has 1 heterocycles. The van der Waals surface area contributed by atoms with Gasteiger partial charge in [0.1, 0.15) is 11.1 Å². The maximum absolute atomic E-state index is 11.5. The maximum atomic E-state index is 11.5. The Kier molecular flexibility index (Phi) is 13.5. The normalized spacial score (nSPS) is 11.2. The Bertz CT molecular complexity index is 377. The first-order valence-corrected chi connectivity index (χ1v) is 6.93. The molecule has 0 aliphatic heterocycles. The number of rotatable bonds is 8. The summed E-state index contributed by atoms with van der Waals surface area (Å²) in [5.41, 5.74) is 0.890. The van der Waals surface area contributed by atoms with E-state index in [-0.39, 0.29) is 36.8 Å². The van der Waals surface area contributed by atoms with Crippen molar-refractivity contribution >= 4 is 42.1 Å². The quantitative estimate of drug-likeness (QED) is 0.711. The zero-order valence-electron chi connectivity index (χ0n) is 12.0. The molecule has 5 nitrogen and oxygen atoms in total. The van der Waals surface area contributed by atoms with Gasteiger partial charge < -0.3 is 15.4 Å². The number of carbonyl (C=O) groups excluding carboxylic acids is 1. The van der Waals surface area contributed by atoms with E-state index in [1.54, 1.807) is 18.4 Å². The predicted octanol–water partition coefficient (Wildman–Crippen LogP) is 2.31. The van der Waals surface area contributed by atoms with E-state index < -0.39 is 0 Å². The van der Waals surface area contributed by atoms with Gasteiger partial charge in [0.05, 0.1) is 12.2 Å². The van der Waals surface area contributed by atoms with Gasteiger partial charge in [-0.25, -0.2) is 4.98 Å². The Hall–Kier alpha value is -0.400. The average Bonchev–Trinajstić information content (AvgIpc) is 2.84. The van der Waals surface area contributed by atoms with Crippen molar-refractivity contribution < 1.29 is 9.53 Å². The molecule has 1 aromatic heterocycles. The van der Waals surface area contributed by atoms with Crippen LogP contribution in [0.3, 0.4) is 0 Å². The van der Waals surface area contributed by atoms with E-state index in [9.17, 15) is 4.79 Å². The first-order chi connectivity index (χ1) is 8.67. The molecule has 0 aromatic carbocycles. The second kappa shape index (κ2) is 12.3. The Morgan fingerprint density at radius 2 is 2.20 bits per heavy atom. The van der Waals surface area contributed by atoms with Gasteiger partial charge in [-0.3, -0.25) is 4.79 Å². The van der Waals surface area contributed by atoms with Crippen LogP contribution in [0, 0.1) is 0 Å². The Labute approximate surface area is 136 Å². The van der Waals surface area contributed by atoms with Crippen molar-refractivity contribution in [2.75, 3.05) is 20.7 Å². The number of hydrogen-bond acceptors (Lipinski definition) is 5. The molecule has 8 heteroatoms. The van der Waals surface area contributed by atoms with Gasteiger partial charge in [-0.1, -0.05) is 0 Å². The molecule has 1 aromatic rings. The second-order valence-electron chi connectivity index (χ2n) is 4.04. The molecule has 0 aliphatic rings. The molecule has 20 heavy (non-hydrogen) atoms. The lowest BCUT2D eigenvalue weighted by atomic mass is 10.3. The van der Waals surface area contributed by atoms with Gasteiger partial charge in [-0.05, 0) is 26.9 Å². The van der Waals surface area contributed by atoms with E-state index in [4.69, 9.17) is 4.74 Å². The van der Waals surface area contributed by atoms with Crippen LogP contribution in [-0.2, 0) is 16.1 Å². The van der Waals surface area contributed by atoms with Crippen molar-refractivity contribution in [1.29, 1.82) is 0 Å². The van der Waals surface area contributed by atoms with Crippen LogP contribution >= 0.6 is 36.2 Å². The second-order valence-corrected chi connectivity index (χ2v) is 4.93. The van der Waals surface area contributed by atoms with Crippen molar-refractivity contribution in [3.8, 4) is 0 Å². The number of methoxy groups -OCH3 is 1. The minimum Gasteiger partial charge on any atom is -0.375 e. The topological polar surface area (TPSA) is 63.2 Å². The van der Waals surface area contributed by atoms with Crippen LogP contribution in [-0.4, -0.2) is 31.6 Å². The highest BCUT2D eigenvalue weighted by molar-refractivity contribution is 7.09. The van der Waals surface area contributed by atoms with Crippen LogP contribution in [0.1, 0.15) is 36.6 Å². The van der Waals surface area contributed by atoms with Crippen molar-refractivity contribution in [2.24, 2.45) is 0 Å². The molecule has 0 bridgehead atoms. The van der Waals surface area contributed by atoms with Crippen molar-refractivity contribution in [3.05, 3.63) is 16.1 Å². The minimum atomic E-state index is 0. The van der Waals surface area contributed by atoms with Crippen molar-refractivity contribution in [3.63, 3.8) is 0 Å². The molecule has 1 unspecified atom stereocenters. The molecule has 0 saturated heterocycles. The fraction of sp³-hybridized carbons (Fsp3) is 0.667. The molecule has 0 aliphatic carbocycles. The number of amides is 1. The zero-order valence-corrected chi connectivity index (χ0v) is 14.4. The molecule has 2 N–H and O–H groups in total. The Balaban J connectivity index is 0. The summed E-state index contributed by atoms with van der Waals surface area (Å²) in [5, 5.41) is 8.78. The molecule has 118 valence electrons. The van der Waals surface area contributed by atoms with Gasteiger partial charge in [-0.15, -0.1) is 36.2 Å². The number of halogens is 2. The molecule has 1 amide bonds. The highest BCUT2D eigenvalue weighted by Crippen LogP contribution is 2.20. The van der Waals surface area contributed by atoms with E-state index in [0.29, 0.717) is 13.0 Å². The fourth-order valence-electron chi connectivity index (χ4n) is 1.39. The van der Waals surface area contributed by atoms with Gasteiger partial charge in [-0.2, -0.15) is 0 Å². The number of carbonyl (C=O) groups is 1. The smallest absolute Gasteiger partial charge is 0.220 e. The SMILES string of the molecule is CNCCCC(=O)NCc1csc(C(C)OC)n1.Cl.Cl. The lowest BCUT2D eigenvalue weighted by molar-refractivity contribution is -0.121. The van der Waals surface area contributed by atoms with Gasteiger partial charge in [0, 0.05) is 18.9 Å². The molecule has 0 radical (unpaired) electrons. The monoisotopic (exact) mass is 343 g/mol. The molecule has 0 fully saturated rings. The van der Waals surface area contributed by atoms with Gasteiger partial charge in [0.25, 0.3) is 0 Å².